The van der Waals surface area contributed by atoms with Gasteiger partial charge in [-0.05, 0) is 35.8 Å². The molecule has 0 saturated heterocycles. The number of carboxylic acid groups (broad SMARTS) is 1. The maximum absolute atomic E-state index is 13.6. The van der Waals surface area contributed by atoms with Crippen LogP contribution in [0.2, 0.25) is 0 Å². The molecular formula is C20H34NO5P. The Balaban J connectivity index is 3.47. The monoisotopic (exact) mass is 399 g/mol. The molecular weight excluding hydrogens is 365 g/mol. The number of aliphatic carboxylic acids is 1. The highest BCUT2D eigenvalue weighted by atomic mass is 31.2. The molecule has 2 unspecified atom stereocenters. The fourth-order valence-corrected chi connectivity index (χ4v) is 4.83. The van der Waals surface area contributed by atoms with E-state index in [-0.39, 0.29) is 24.1 Å². The molecule has 0 aliphatic rings. The smallest absolute Gasteiger partial charge is 0.342 e. The molecule has 2 atom stereocenters. The molecule has 0 fully saturated rings. The minimum absolute atomic E-state index is 0.158. The Labute approximate surface area is 163 Å². The van der Waals surface area contributed by atoms with Gasteiger partial charge in [-0.25, -0.2) is 5.09 Å². The number of hydrogen-bond acceptors (Lipinski definition) is 4. The van der Waals surface area contributed by atoms with E-state index in [1.165, 1.54) is 14.0 Å². The van der Waals surface area contributed by atoms with Gasteiger partial charge in [0.15, 0.2) is 0 Å². The summed E-state index contributed by atoms with van der Waals surface area (Å²) in [4.78, 5) is 11.9. The molecule has 1 aromatic carbocycles. The Kier molecular flexibility index (Phi) is 8.09. The molecule has 1 rings (SSSR count). The average molecular weight is 399 g/mol. The van der Waals surface area contributed by atoms with Crippen LogP contribution in [0.3, 0.4) is 0 Å². The zero-order chi connectivity index (χ0) is 21.0. The Morgan fingerprint density at radius 2 is 1.63 bits per heavy atom. The fourth-order valence-electron chi connectivity index (χ4n) is 2.76. The summed E-state index contributed by atoms with van der Waals surface area (Å²) in [5.74, 6) is -0.532. The SMILES string of the molecule is COCP(=O)(NC(C)(C(=O)O)C(C)C)Oc1c(C(C)C)cccc1C(C)C. The molecule has 0 saturated carbocycles. The van der Waals surface area contributed by atoms with Crippen molar-refractivity contribution in [3.63, 3.8) is 0 Å². The van der Waals surface area contributed by atoms with Crippen LogP contribution in [0, 0.1) is 5.92 Å². The van der Waals surface area contributed by atoms with E-state index in [0.717, 1.165) is 11.1 Å². The molecule has 27 heavy (non-hydrogen) atoms. The van der Waals surface area contributed by atoms with Gasteiger partial charge < -0.3 is 14.4 Å². The molecule has 0 aliphatic heterocycles. The normalized spacial score (nSPS) is 16.4. The summed E-state index contributed by atoms with van der Waals surface area (Å²) in [6, 6.07) is 5.85. The lowest BCUT2D eigenvalue weighted by Crippen LogP contribution is -2.52. The van der Waals surface area contributed by atoms with Crippen LogP contribution < -0.4 is 9.61 Å². The largest absolute Gasteiger partial charge is 0.480 e. The third kappa shape index (κ3) is 5.56. The Morgan fingerprint density at radius 3 is 1.96 bits per heavy atom. The average Bonchev–Trinajstić information content (AvgIpc) is 2.53. The van der Waals surface area contributed by atoms with Crippen LogP contribution in [-0.4, -0.2) is 30.1 Å². The second-order valence-electron chi connectivity index (χ2n) is 8.03. The lowest BCUT2D eigenvalue weighted by molar-refractivity contribution is -0.145. The van der Waals surface area contributed by atoms with E-state index in [2.05, 4.69) is 5.09 Å². The van der Waals surface area contributed by atoms with Gasteiger partial charge in [-0.1, -0.05) is 59.7 Å². The summed E-state index contributed by atoms with van der Waals surface area (Å²) < 4.78 is 24.9. The number of carbonyl (C=O) groups is 1. The quantitative estimate of drug-likeness (QED) is 0.526. The highest BCUT2D eigenvalue weighted by Crippen LogP contribution is 2.49. The first-order chi connectivity index (χ1) is 12.4. The summed E-state index contributed by atoms with van der Waals surface area (Å²) in [5.41, 5.74) is 0.445. The van der Waals surface area contributed by atoms with E-state index in [1.807, 2.05) is 45.9 Å². The number of ether oxygens (including phenoxy) is 1. The van der Waals surface area contributed by atoms with Crippen molar-refractivity contribution in [3.05, 3.63) is 29.3 Å². The van der Waals surface area contributed by atoms with Crippen LogP contribution in [0.4, 0.5) is 0 Å². The first-order valence-electron chi connectivity index (χ1n) is 9.31. The van der Waals surface area contributed by atoms with Crippen LogP contribution in [0.5, 0.6) is 5.75 Å². The van der Waals surface area contributed by atoms with E-state index in [0.29, 0.717) is 5.75 Å². The van der Waals surface area contributed by atoms with Gasteiger partial charge in [-0.3, -0.25) is 9.36 Å². The van der Waals surface area contributed by atoms with Crippen molar-refractivity contribution in [1.29, 1.82) is 0 Å². The molecule has 0 amide bonds. The van der Waals surface area contributed by atoms with Crippen LogP contribution in [0.25, 0.3) is 0 Å². The van der Waals surface area contributed by atoms with Gasteiger partial charge in [0.05, 0.1) is 0 Å². The van der Waals surface area contributed by atoms with Crippen molar-refractivity contribution in [2.45, 2.75) is 65.8 Å². The van der Waals surface area contributed by atoms with Gasteiger partial charge in [0, 0.05) is 7.11 Å². The number of rotatable bonds is 10. The third-order valence-electron chi connectivity index (χ3n) is 4.86. The Bertz CT molecular complexity index is 675. The molecule has 0 radical (unpaired) electrons. The molecule has 0 heterocycles. The number of methoxy groups -OCH3 is 1. The predicted octanol–water partition coefficient (Wildman–Crippen LogP) is 5.20. The molecule has 7 heteroatoms. The van der Waals surface area contributed by atoms with Crippen molar-refractivity contribution in [2.75, 3.05) is 13.5 Å². The van der Waals surface area contributed by atoms with E-state index >= 15 is 0 Å². The number of para-hydroxylation sites is 1. The predicted molar refractivity (Wildman–Crippen MR) is 109 cm³/mol. The standard InChI is InChI=1S/C20H34NO5P/c1-13(2)16-10-9-11-17(14(3)4)18(16)26-27(24,12-25-8)21-20(7,15(5)6)19(22)23/h9-11,13-15H,12H2,1-8H3,(H,21,24)(H,22,23). The Morgan fingerprint density at radius 1 is 1.15 bits per heavy atom. The molecule has 6 nitrogen and oxygen atoms in total. The number of nitrogens with one attached hydrogen (secondary N) is 1. The van der Waals surface area contributed by atoms with Gasteiger partial charge in [-0.2, -0.15) is 0 Å². The minimum Gasteiger partial charge on any atom is -0.480 e. The van der Waals surface area contributed by atoms with Crippen molar-refractivity contribution >= 4 is 13.5 Å². The first-order valence-corrected chi connectivity index (χ1v) is 11.1. The van der Waals surface area contributed by atoms with Crippen LogP contribution >= 0.6 is 7.52 Å². The van der Waals surface area contributed by atoms with Crippen LogP contribution in [0.15, 0.2) is 18.2 Å². The van der Waals surface area contributed by atoms with Crippen molar-refractivity contribution in [3.8, 4) is 5.75 Å². The first kappa shape index (κ1) is 23.7. The second-order valence-corrected chi connectivity index (χ2v) is 10.0. The summed E-state index contributed by atoms with van der Waals surface area (Å²) in [6.07, 6.45) is -0.230. The molecule has 0 bridgehead atoms. The summed E-state index contributed by atoms with van der Waals surface area (Å²) in [6.45, 7) is 13.2. The third-order valence-corrected chi connectivity index (χ3v) is 6.74. The van der Waals surface area contributed by atoms with Crippen LogP contribution in [0.1, 0.15) is 71.4 Å². The number of hydrogen-bond donors (Lipinski definition) is 2. The van der Waals surface area contributed by atoms with Gasteiger partial charge in [-0.15, -0.1) is 0 Å². The maximum Gasteiger partial charge on any atom is 0.342 e. The molecule has 0 aromatic heterocycles. The molecule has 0 aliphatic carbocycles. The number of benzene rings is 1. The fraction of sp³-hybridized carbons (Fsp3) is 0.650. The number of carboxylic acids is 1. The van der Waals surface area contributed by atoms with E-state index < -0.39 is 19.0 Å². The van der Waals surface area contributed by atoms with Crippen molar-refractivity contribution in [2.24, 2.45) is 5.92 Å². The summed E-state index contributed by atoms with van der Waals surface area (Å²) in [5, 5.41) is 12.5. The summed E-state index contributed by atoms with van der Waals surface area (Å²) in [7, 11) is -2.24. The lowest BCUT2D eigenvalue weighted by Gasteiger charge is -2.35. The molecule has 154 valence electrons. The summed E-state index contributed by atoms with van der Waals surface area (Å²) >= 11 is 0. The zero-order valence-electron chi connectivity index (χ0n) is 17.7. The lowest BCUT2D eigenvalue weighted by atomic mass is 9.90. The van der Waals surface area contributed by atoms with Crippen LogP contribution in [-0.2, 0) is 14.1 Å². The molecule has 1 aromatic rings. The van der Waals surface area contributed by atoms with Gasteiger partial charge in [0.1, 0.15) is 17.6 Å². The van der Waals surface area contributed by atoms with Crippen molar-refractivity contribution < 1.29 is 23.7 Å². The molecule has 2 N–H and O–H groups in total. The van der Waals surface area contributed by atoms with E-state index in [9.17, 15) is 14.5 Å². The highest BCUT2D eigenvalue weighted by Gasteiger charge is 2.44. The van der Waals surface area contributed by atoms with E-state index in [1.54, 1.807) is 13.8 Å². The second kappa shape index (κ2) is 9.22. The topological polar surface area (TPSA) is 84.9 Å². The van der Waals surface area contributed by atoms with Crippen molar-refractivity contribution in [1.82, 2.24) is 5.09 Å². The van der Waals surface area contributed by atoms with E-state index in [4.69, 9.17) is 9.26 Å². The van der Waals surface area contributed by atoms with Gasteiger partial charge >= 0.3 is 13.5 Å². The maximum atomic E-state index is 13.6. The van der Waals surface area contributed by atoms with Gasteiger partial charge in [0.25, 0.3) is 0 Å². The zero-order valence-corrected chi connectivity index (χ0v) is 18.6. The van der Waals surface area contributed by atoms with Gasteiger partial charge in [0.2, 0.25) is 0 Å². The highest BCUT2D eigenvalue weighted by molar-refractivity contribution is 7.57. The minimum atomic E-state index is -3.66. The molecule has 0 spiro atoms. The Hall–Kier alpha value is -1.36.